The van der Waals surface area contributed by atoms with E-state index in [-0.39, 0.29) is 21.9 Å². The van der Waals surface area contributed by atoms with Crippen molar-refractivity contribution in [1.82, 2.24) is 0 Å². The number of fused-ring (bicyclic) bond motifs is 1. The highest BCUT2D eigenvalue weighted by Gasteiger charge is 2.49. The van der Waals surface area contributed by atoms with Crippen molar-refractivity contribution in [3.8, 4) is 5.75 Å². The average molecular weight is 408 g/mol. The van der Waals surface area contributed by atoms with Crippen LogP contribution in [0, 0.1) is 12.7 Å². The van der Waals surface area contributed by atoms with Crippen molar-refractivity contribution in [3.05, 3.63) is 41.2 Å². The number of halogens is 4. The molecule has 0 spiro atoms. The summed E-state index contributed by atoms with van der Waals surface area (Å²) in [5.74, 6) is -1.26. The van der Waals surface area contributed by atoms with Crippen molar-refractivity contribution in [2.45, 2.75) is 51.8 Å². The van der Waals surface area contributed by atoms with Crippen molar-refractivity contribution < 1.29 is 34.9 Å². The summed E-state index contributed by atoms with van der Waals surface area (Å²) in [6.07, 6.45) is -0.928. The number of hydrogen-bond donors (Lipinski definition) is 0. The molecule has 0 aromatic heterocycles. The molecular weight excluding hydrogens is 388 g/mol. The third-order valence-electron chi connectivity index (χ3n) is 3.80. The summed E-state index contributed by atoms with van der Waals surface area (Å²) >= 11 is 0. The van der Waals surface area contributed by atoms with E-state index < -0.39 is 38.9 Å². The Morgan fingerprint density at radius 1 is 1.04 bits per heavy atom. The first-order valence-corrected chi connectivity index (χ1v) is 9.46. The van der Waals surface area contributed by atoms with Gasteiger partial charge in [-0.05, 0) is 40.2 Å². The van der Waals surface area contributed by atoms with Crippen molar-refractivity contribution in [3.63, 3.8) is 0 Å². The predicted molar refractivity (Wildman–Crippen MR) is 93.5 cm³/mol. The third-order valence-corrected chi connectivity index (χ3v) is 4.75. The smallest absolute Gasteiger partial charge is 0.375 e. The zero-order chi connectivity index (χ0) is 20.8. The largest absolute Gasteiger partial charge is 0.534 e. The molecule has 9 heteroatoms. The summed E-state index contributed by atoms with van der Waals surface area (Å²) in [7, 11) is -5.95. The lowest BCUT2D eigenvalue weighted by atomic mass is 9.96. The minimum absolute atomic E-state index is 0.0437. The fourth-order valence-electron chi connectivity index (χ4n) is 2.83. The van der Waals surface area contributed by atoms with E-state index in [9.17, 15) is 26.0 Å². The normalized spacial score (nSPS) is 14.4. The molecule has 1 unspecified atom stereocenters. The maximum Gasteiger partial charge on any atom is 0.534 e. The number of ether oxygens (including phenoxy) is 1. The molecule has 0 bridgehead atoms. The highest BCUT2D eigenvalue weighted by atomic mass is 32.2. The monoisotopic (exact) mass is 408 g/mol. The topological polar surface area (TPSA) is 52.6 Å². The zero-order valence-electron chi connectivity index (χ0n) is 15.4. The van der Waals surface area contributed by atoms with Gasteiger partial charge in [0.25, 0.3) is 0 Å². The second-order valence-corrected chi connectivity index (χ2v) is 8.62. The lowest BCUT2D eigenvalue weighted by Gasteiger charge is -2.28. The molecular formula is C18H20F4O4S. The van der Waals surface area contributed by atoms with Gasteiger partial charge in [0.15, 0.2) is 5.75 Å². The quantitative estimate of drug-likeness (QED) is 0.387. The second kappa shape index (κ2) is 6.94. The van der Waals surface area contributed by atoms with Crippen LogP contribution >= 0.6 is 0 Å². The molecule has 0 amide bonds. The second-order valence-electron chi connectivity index (χ2n) is 7.08. The first-order chi connectivity index (χ1) is 12.2. The molecule has 0 N–H and O–H groups in total. The first-order valence-electron chi connectivity index (χ1n) is 8.05. The number of rotatable bonds is 4. The zero-order valence-corrected chi connectivity index (χ0v) is 16.3. The molecule has 0 saturated heterocycles. The van der Waals surface area contributed by atoms with E-state index in [0.29, 0.717) is 0 Å². The molecule has 2 aromatic rings. The fourth-order valence-corrected chi connectivity index (χ4v) is 3.33. The Morgan fingerprint density at radius 2 is 1.56 bits per heavy atom. The summed E-state index contributed by atoms with van der Waals surface area (Å²) in [6.45, 7) is 7.97. The van der Waals surface area contributed by atoms with Gasteiger partial charge in [-0.15, -0.1) is 0 Å². The molecule has 0 aliphatic heterocycles. The summed E-state index contributed by atoms with van der Waals surface area (Å²) in [5, 5.41) is -0.137. The molecule has 27 heavy (non-hydrogen) atoms. The average Bonchev–Trinajstić information content (AvgIpc) is 2.49. The summed E-state index contributed by atoms with van der Waals surface area (Å²) in [6, 6.07) is 5.57. The van der Waals surface area contributed by atoms with E-state index >= 15 is 0 Å². The fraction of sp³-hybridized carbons (Fsp3) is 0.444. The highest BCUT2D eigenvalue weighted by Crippen LogP contribution is 2.42. The Balaban J connectivity index is 2.82. The van der Waals surface area contributed by atoms with Gasteiger partial charge in [0.05, 0.1) is 11.7 Å². The molecule has 0 fully saturated rings. The van der Waals surface area contributed by atoms with Gasteiger partial charge in [-0.25, -0.2) is 4.39 Å². The van der Waals surface area contributed by atoms with Crippen molar-refractivity contribution in [2.24, 2.45) is 0 Å². The lowest BCUT2D eigenvalue weighted by molar-refractivity contribution is -0.0556. The van der Waals surface area contributed by atoms with E-state index in [1.807, 2.05) is 0 Å². The first kappa shape index (κ1) is 21.4. The van der Waals surface area contributed by atoms with Gasteiger partial charge in [0, 0.05) is 16.3 Å². The summed E-state index contributed by atoms with van der Waals surface area (Å²) in [4.78, 5) is 0. The van der Waals surface area contributed by atoms with E-state index in [0.717, 1.165) is 0 Å². The molecule has 1 atom stereocenters. The van der Waals surface area contributed by atoms with Crippen molar-refractivity contribution >= 4 is 20.9 Å². The summed E-state index contributed by atoms with van der Waals surface area (Å²) in [5.41, 5.74) is -6.47. The SMILES string of the molecule is Cc1c(C(C)OC(C)(C)C)c(OS(=O)(=O)C(F)(F)F)c2ccccc2c1F. The van der Waals surface area contributed by atoms with Gasteiger partial charge >= 0.3 is 15.6 Å². The Hall–Kier alpha value is -1.87. The van der Waals surface area contributed by atoms with Crippen molar-refractivity contribution in [2.75, 3.05) is 0 Å². The predicted octanol–water partition coefficient (Wildman–Crippen LogP) is 5.39. The van der Waals surface area contributed by atoms with Crippen LogP contribution in [0.25, 0.3) is 10.8 Å². The Labute approximate surface area is 155 Å². The van der Waals surface area contributed by atoms with E-state index in [1.165, 1.54) is 38.1 Å². The van der Waals surface area contributed by atoms with Gasteiger partial charge in [0.1, 0.15) is 5.82 Å². The molecule has 150 valence electrons. The van der Waals surface area contributed by atoms with Crippen LogP contribution in [0.5, 0.6) is 5.75 Å². The Morgan fingerprint density at radius 3 is 2.04 bits per heavy atom. The number of hydrogen-bond acceptors (Lipinski definition) is 4. The highest BCUT2D eigenvalue weighted by molar-refractivity contribution is 7.88. The summed E-state index contributed by atoms with van der Waals surface area (Å²) < 4.78 is 87.0. The molecule has 2 rings (SSSR count). The van der Waals surface area contributed by atoms with Gasteiger partial charge < -0.3 is 8.92 Å². The van der Waals surface area contributed by atoms with E-state index in [1.54, 1.807) is 20.8 Å². The van der Waals surface area contributed by atoms with Gasteiger partial charge in [-0.2, -0.15) is 21.6 Å². The molecule has 0 aliphatic rings. The van der Waals surface area contributed by atoms with Crippen LogP contribution in [0.4, 0.5) is 17.6 Å². The molecule has 4 nitrogen and oxygen atoms in total. The minimum atomic E-state index is -5.95. The van der Waals surface area contributed by atoms with Crippen molar-refractivity contribution in [1.29, 1.82) is 0 Å². The number of benzene rings is 2. The molecule has 0 aliphatic carbocycles. The van der Waals surface area contributed by atoms with Gasteiger partial charge in [-0.1, -0.05) is 24.3 Å². The molecule has 2 aromatic carbocycles. The minimum Gasteiger partial charge on any atom is -0.375 e. The molecule has 0 radical (unpaired) electrons. The third kappa shape index (κ3) is 4.35. The maximum absolute atomic E-state index is 14.8. The van der Waals surface area contributed by atoms with E-state index in [2.05, 4.69) is 4.18 Å². The van der Waals surface area contributed by atoms with Crippen LogP contribution in [0.2, 0.25) is 0 Å². The van der Waals surface area contributed by atoms with Crippen LogP contribution in [0.15, 0.2) is 24.3 Å². The van der Waals surface area contributed by atoms with E-state index in [4.69, 9.17) is 4.74 Å². The number of alkyl halides is 3. The molecule has 0 heterocycles. The van der Waals surface area contributed by atoms with Crippen LogP contribution in [-0.4, -0.2) is 19.5 Å². The van der Waals surface area contributed by atoms with Crippen LogP contribution in [0.3, 0.4) is 0 Å². The lowest BCUT2D eigenvalue weighted by Crippen LogP contribution is -2.29. The van der Waals surface area contributed by atoms with Crippen LogP contribution in [-0.2, 0) is 14.9 Å². The van der Waals surface area contributed by atoms with Crippen LogP contribution in [0.1, 0.15) is 44.9 Å². The standard InChI is InChI=1S/C18H20F4O4S/c1-10-14(11(2)25-17(3,4)5)16(26-27(23,24)18(20,21)22)13-9-7-6-8-12(13)15(10)19/h6-9,11H,1-5H3. The Bertz CT molecular complexity index is 960. The van der Waals surface area contributed by atoms with Gasteiger partial charge in [0.2, 0.25) is 0 Å². The van der Waals surface area contributed by atoms with Crippen LogP contribution < -0.4 is 4.18 Å². The molecule has 0 saturated carbocycles. The maximum atomic E-state index is 14.8. The Kier molecular flexibility index (Phi) is 5.51. The van der Waals surface area contributed by atoms with Gasteiger partial charge in [-0.3, -0.25) is 0 Å².